The van der Waals surface area contributed by atoms with Gasteiger partial charge >= 0.3 is 0 Å². The zero-order chi connectivity index (χ0) is 13.1. The predicted octanol–water partition coefficient (Wildman–Crippen LogP) is 1.81. The Bertz CT molecular complexity index is 394. The number of nitrogens with zero attached hydrogens (tertiary/aromatic N) is 2. The number of pyridine rings is 1. The minimum absolute atomic E-state index is 0.164. The third kappa shape index (κ3) is 3.30. The molecule has 3 rings (SSSR count). The number of likely N-dealkylation sites (tertiary alicyclic amines) is 1. The molecule has 1 aromatic rings. The smallest absolute Gasteiger partial charge is 0.0710 e. The van der Waals surface area contributed by atoms with Gasteiger partial charge in [0.05, 0.1) is 6.10 Å². The largest absolute Gasteiger partial charge is 0.391 e. The second-order valence-electron chi connectivity index (χ2n) is 5.68. The van der Waals surface area contributed by atoms with Crippen LogP contribution in [0.3, 0.4) is 0 Å². The maximum Gasteiger partial charge on any atom is 0.0710 e. The maximum atomic E-state index is 10.3. The van der Waals surface area contributed by atoms with Gasteiger partial charge < -0.3 is 5.11 Å². The van der Waals surface area contributed by atoms with Crippen LogP contribution >= 0.6 is 11.8 Å². The van der Waals surface area contributed by atoms with Gasteiger partial charge in [0, 0.05) is 37.4 Å². The molecule has 0 spiro atoms. The van der Waals surface area contributed by atoms with Gasteiger partial charge in [-0.05, 0) is 48.5 Å². The minimum Gasteiger partial charge on any atom is -0.391 e. The molecule has 0 unspecified atom stereocenters. The number of aromatic nitrogens is 1. The van der Waals surface area contributed by atoms with Gasteiger partial charge in [0.25, 0.3) is 0 Å². The Labute approximate surface area is 119 Å². The first kappa shape index (κ1) is 13.4. The highest BCUT2D eigenvalue weighted by atomic mass is 32.2. The SMILES string of the molecule is O[C@@H]1CN(C2CCSCC2)C[C@H]1Cc1ccncc1. The Morgan fingerprint density at radius 1 is 1.21 bits per heavy atom. The van der Waals surface area contributed by atoms with Crippen molar-refractivity contribution in [3.05, 3.63) is 30.1 Å². The predicted molar refractivity (Wildman–Crippen MR) is 79.4 cm³/mol. The molecule has 0 aliphatic carbocycles. The molecule has 3 heterocycles. The average molecular weight is 278 g/mol. The van der Waals surface area contributed by atoms with E-state index in [0.29, 0.717) is 12.0 Å². The van der Waals surface area contributed by atoms with Gasteiger partial charge in [-0.2, -0.15) is 11.8 Å². The van der Waals surface area contributed by atoms with Crippen LogP contribution in [0, 0.1) is 5.92 Å². The third-order valence-electron chi connectivity index (χ3n) is 4.39. The molecule has 1 aromatic heterocycles. The molecule has 1 N–H and O–H groups in total. The number of aliphatic hydroxyl groups excluding tert-OH is 1. The number of hydrogen-bond acceptors (Lipinski definition) is 4. The van der Waals surface area contributed by atoms with Gasteiger partial charge in [-0.25, -0.2) is 0 Å². The summed E-state index contributed by atoms with van der Waals surface area (Å²) in [6, 6.07) is 4.83. The first-order valence-corrected chi connectivity index (χ1v) is 8.37. The summed E-state index contributed by atoms with van der Waals surface area (Å²) < 4.78 is 0. The number of β-amino-alcohol motifs (C(OH)–C–C–N with tert-alkyl or cyclic N) is 1. The maximum absolute atomic E-state index is 10.3. The second kappa shape index (κ2) is 6.25. The van der Waals surface area contributed by atoms with Gasteiger partial charge in [-0.3, -0.25) is 9.88 Å². The van der Waals surface area contributed by atoms with Crippen LogP contribution in [-0.4, -0.2) is 51.7 Å². The van der Waals surface area contributed by atoms with E-state index in [9.17, 15) is 5.11 Å². The van der Waals surface area contributed by atoms with E-state index in [1.54, 1.807) is 0 Å². The van der Waals surface area contributed by atoms with Crippen LogP contribution in [0.4, 0.5) is 0 Å². The van der Waals surface area contributed by atoms with Crippen LogP contribution in [0.1, 0.15) is 18.4 Å². The molecule has 2 aliphatic rings. The molecule has 0 radical (unpaired) electrons. The van der Waals surface area contributed by atoms with Crippen LogP contribution < -0.4 is 0 Å². The zero-order valence-electron chi connectivity index (χ0n) is 11.2. The van der Waals surface area contributed by atoms with Crippen molar-refractivity contribution in [1.29, 1.82) is 0 Å². The van der Waals surface area contributed by atoms with Crippen molar-refractivity contribution in [2.45, 2.75) is 31.4 Å². The van der Waals surface area contributed by atoms with E-state index in [1.807, 2.05) is 12.4 Å². The van der Waals surface area contributed by atoms with E-state index in [0.717, 1.165) is 19.5 Å². The van der Waals surface area contributed by atoms with Crippen LogP contribution in [0.25, 0.3) is 0 Å². The lowest BCUT2D eigenvalue weighted by atomic mass is 9.97. The van der Waals surface area contributed by atoms with Crippen molar-refractivity contribution in [3.63, 3.8) is 0 Å². The summed E-state index contributed by atoms with van der Waals surface area (Å²) in [5.74, 6) is 2.95. The fourth-order valence-corrected chi connectivity index (χ4v) is 4.34. The number of thioether (sulfide) groups is 1. The molecule has 4 heteroatoms. The summed E-state index contributed by atoms with van der Waals surface area (Å²) in [5.41, 5.74) is 1.29. The van der Waals surface area contributed by atoms with E-state index in [2.05, 4.69) is 33.8 Å². The Kier molecular flexibility index (Phi) is 4.41. The lowest BCUT2D eigenvalue weighted by molar-refractivity contribution is 0.134. The molecule has 0 saturated carbocycles. The van der Waals surface area contributed by atoms with Gasteiger partial charge in [-0.15, -0.1) is 0 Å². The Morgan fingerprint density at radius 3 is 2.68 bits per heavy atom. The monoisotopic (exact) mass is 278 g/mol. The summed E-state index contributed by atoms with van der Waals surface area (Å²) in [7, 11) is 0. The van der Waals surface area contributed by atoms with Crippen molar-refractivity contribution in [2.75, 3.05) is 24.6 Å². The van der Waals surface area contributed by atoms with Crippen molar-refractivity contribution in [2.24, 2.45) is 5.92 Å². The molecule has 3 nitrogen and oxygen atoms in total. The molecule has 0 amide bonds. The molecule has 0 bridgehead atoms. The van der Waals surface area contributed by atoms with E-state index in [4.69, 9.17) is 0 Å². The first-order chi connectivity index (χ1) is 9.33. The molecule has 2 aliphatic heterocycles. The lowest BCUT2D eigenvalue weighted by Gasteiger charge is -2.30. The normalized spacial score (nSPS) is 29.7. The van der Waals surface area contributed by atoms with Crippen LogP contribution in [0.5, 0.6) is 0 Å². The number of aliphatic hydroxyl groups is 1. The molecule has 2 saturated heterocycles. The number of rotatable bonds is 3. The zero-order valence-corrected chi connectivity index (χ0v) is 12.1. The van der Waals surface area contributed by atoms with E-state index in [-0.39, 0.29) is 6.10 Å². The van der Waals surface area contributed by atoms with Crippen LogP contribution in [0.15, 0.2) is 24.5 Å². The summed E-state index contributed by atoms with van der Waals surface area (Å²) in [4.78, 5) is 6.58. The van der Waals surface area contributed by atoms with E-state index < -0.39 is 0 Å². The summed E-state index contributed by atoms with van der Waals surface area (Å²) in [6.07, 6.45) is 7.07. The lowest BCUT2D eigenvalue weighted by Crippen LogP contribution is -2.36. The molecular weight excluding hydrogens is 256 g/mol. The van der Waals surface area contributed by atoms with E-state index >= 15 is 0 Å². The van der Waals surface area contributed by atoms with Gasteiger partial charge in [-0.1, -0.05) is 0 Å². The Hall–Kier alpha value is -0.580. The van der Waals surface area contributed by atoms with Crippen LogP contribution in [-0.2, 0) is 6.42 Å². The second-order valence-corrected chi connectivity index (χ2v) is 6.91. The fourth-order valence-electron chi connectivity index (χ4n) is 3.26. The highest BCUT2D eigenvalue weighted by Crippen LogP contribution is 2.28. The van der Waals surface area contributed by atoms with Crippen molar-refractivity contribution in [3.8, 4) is 0 Å². The summed E-state index contributed by atoms with van der Waals surface area (Å²) >= 11 is 2.07. The third-order valence-corrected chi connectivity index (χ3v) is 5.44. The highest BCUT2D eigenvalue weighted by molar-refractivity contribution is 7.99. The van der Waals surface area contributed by atoms with Gasteiger partial charge in [0.1, 0.15) is 0 Å². The minimum atomic E-state index is -0.164. The highest BCUT2D eigenvalue weighted by Gasteiger charge is 2.35. The van der Waals surface area contributed by atoms with Crippen LogP contribution in [0.2, 0.25) is 0 Å². The molecular formula is C15H22N2OS. The number of hydrogen-bond donors (Lipinski definition) is 1. The van der Waals surface area contributed by atoms with Crippen molar-refractivity contribution in [1.82, 2.24) is 9.88 Å². The van der Waals surface area contributed by atoms with E-state index in [1.165, 1.54) is 29.9 Å². The summed E-state index contributed by atoms with van der Waals surface area (Å²) in [5, 5.41) is 10.3. The topological polar surface area (TPSA) is 36.4 Å². The molecule has 104 valence electrons. The molecule has 19 heavy (non-hydrogen) atoms. The first-order valence-electron chi connectivity index (χ1n) is 7.21. The molecule has 2 atom stereocenters. The summed E-state index contributed by atoms with van der Waals surface area (Å²) in [6.45, 7) is 1.92. The molecule has 0 aromatic carbocycles. The average Bonchev–Trinajstić information content (AvgIpc) is 2.82. The van der Waals surface area contributed by atoms with Crippen molar-refractivity contribution < 1.29 is 5.11 Å². The Balaban J connectivity index is 1.58. The van der Waals surface area contributed by atoms with Gasteiger partial charge in [0.2, 0.25) is 0 Å². The van der Waals surface area contributed by atoms with Crippen molar-refractivity contribution >= 4 is 11.8 Å². The standard InChI is InChI=1S/C15H22N2OS/c18-15-11-17(14-3-7-19-8-4-14)10-13(15)9-12-1-5-16-6-2-12/h1-2,5-6,13-15,18H,3-4,7-11H2/t13-,15-/m1/s1. The molecule has 2 fully saturated rings. The van der Waals surface area contributed by atoms with Gasteiger partial charge in [0.15, 0.2) is 0 Å². The quantitative estimate of drug-likeness (QED) is 0.915. The fraction of sp³-hybridized carbons (Fsp3) is 0.667. The Morgan fingerprint density at radius 2 is 1.95 bits per heavy atom.